The van der Waals surface area contributed by atoms with E-state index in [2.05, 4.69) is 31.2 Å². The van der Waals surface area contributed by atoms with Crippen LogP contribution in [0.1, 0.15) is 28.8 Å². The Kier molecular flexibility index (Phi) is 2.78. The van der Waals surface area contributed by atoms with Crippen molar-refractivity contribution in [1.29, 1.82) is 0 Å². The summed E-state index contributed by atoms with van der Waals surface area (Å²) in [6.07, 6.45) is 2.11. The van der Waals surface area contributed by atoms with Crippen LogP contribution in [0, 0.1) is 5.95 Å². The molecule has 1 aromatic heterocycles. The minimum absolute atomic E-state index is 0.0216. The highest BCUT2D eigenvalue weighted by atomic mass is 79.9. The Morgan fingerprint density at radius 3 is 2.82 bits per heavy atom. The Labute approximate surface area is 134 Å². The lowest BCUT2D eigenvalue weighted by Gasteiger charge is -2.26. The number of carbonyl (C=O) groups excluding carboxylic acids is 1. The number of nitrogens with two attached hydrogens (primary N) is 1. The number of nitrogens with zero attached hydrogens (tertiary/aromatic N) is 2. The standard InChI is InChI=1S/C15H12BrFN4O/c16-11-12(17)21-13(18)10(20-11)7-1-2-8-9(5-7)15(3-4-15)6-19-14(8)22/h1-2,5H,3-4,6H2,(H2,18,21)(H,19,22). The van der Waals surface area contributed by atoms with Crippen LogP contribution in [-0.2, 0) is 5.41 Å². The second-order valence-electron chi connectivity index (χ2n) is 5.76. The smallest absolute Gasteiger partial charge is 0.251 e. The highest BCUT2D eigenvalue weighted by molar-refractivity contribution is 9.10. The summed E-state index contributed by atoms with van der Waals surface area (Å²) in [6, 6.07) is 5.48. The van der Waals surface area contributed by atoms with Gasteiger partial charge < -0.3 is 11.1 Å². The van der Waals surface area contributed by atoms with Gasteiger partial charge in [-0.05, 0) is 46.5 Å². The van der Waals surface area contributed by atoms with Crippen molar-refractivity contribution in [2.75, 3.05) is 12.3 Å². The van der Waals surface area contributed by atoms with E-state index in [4.69, 9.17) is 5.73 Å². The summed E-state index contributed by atoms with van der Waals surface area (Å²) in [5.74, 6) is -0.763. The molecule has 2 heterocycles. The summed E-state index contributed by atoms with van der Waals surface area (Å²) in [6.45, 7) is 0.663. The van der Waals surface area contributed by atoms with Crippen LogP contribution in [0.4, 0.5) is 10.2 Å². The molecule has 5 nitrogen and oxygen atoms in total. The Morgan fingerprint density at radius 2 is 2.09 bits per heavy atom. The Balaban J connectivity index is 1.88. The summed E-state index contributed by atoms with van der Waals surface area (Å²) in [5.41, 5.74) is 8.71. The van der Waals surface area contributed by atoms with Gasteiger partial charge in [0.15, 0.2) is 10.4 Å². The van der Waals surface area contributed by atoms with Gasteiger partial charge in [0, 0.05) is 23.1 Å². The van der Waals surface area contributed by atoms with E-state index >= 15 is 0 Å². The maximum atomic E-state index is 13.4. The third-order valence-electron chi connectivity index (χ3n) is 4.39. The third kappa shape index (κ3) is 1.92. The van der Waals surface area contributed by atoms with Gasteiger partial charge in [0.25, 0.3) is 5.91 Å². The summed E-state index contributed by atoms with van der Waals surface area (Å²) >= 11 is 3.03. The molecule has 7 heteroatoms. The van der Waals surface area contributed by atoms with Crippen molar-refractivity contribution in [2.24, 2.45) is 0 Å². The summed E-state index contributed by atoms with van der Waals surface area (Å²) in [5, 5.41) is 2.93. The fourth-order valence-corrected chi connectivity index (χ4v) is 3.25. The molecule has 0 saturated heterocycles. The third-order valence-corrected chi connectivity index (χ3v) is 4.90. The van der Waals surface area contributed by atoms with Gasteiger partial charge in [-0.1, -0.05) is 6.07 Å². The SMILES string of the molecule is Nc1nc(F)c(Br)nc1-c1ccc2c(c1)C1(CC1)CNC2=O. The first-order valence-corrected chi connectivity index (χ1v) is 7.71. The Bertz CT molecular complexity index is 819. The number of nitrogens with one attached hydrogen (secondary N) is 1. The molecule has 1 saturated carbocycles. The molecule has 0 bridgehead atoms. The van der Waals surface area contributed by atoms with E-state index in [1.165, 1.54) is 0 Å². The molecule has 0 unspecified atom stereocenters. The fourth-order valence-electron chi connectivity index (χ4n) is 2.98. The van der Waals surface area contributed by atoms with Gasteiger partial charge >= 0.3 is 0 Å². The van der Waals surface area contributed by atoms with E-state index in [1.54, 1.807) is 12.1 Å². The van der Waals surface area contributed by atoms with Crippen molar-refractivity contribution in [1.82, 2.24) is 15.3 Å². The van der Waals surface area contributed by atoms with Gasteiger partial charge in [0.05, 0.1) is 0 Å². The number of hydrogen-bond acceptors (Lipinski definition) is 4. The number of nitrogen functional groups attached to an aromatic ring is 1. The second kappa shape index (κ2) is 4.49. The molecule has 2 aliphatic rings. The molecule has 1 fully saturated rings. The monoisotopic (exact) mass is 362 g/mol. The summed E-state index contributed by atoms with van der Waals surface area (Å²) < 4.78 is 13.4. The topological polar surface area (TPSA) is 80.9 Å². The van der Waals surface area contributed by atoms with E-state index < -0.39 is 5.95 Å². The van der Waals surface area contributed by atoms with Crippen molar-refractivity contribution < 1.29 is 9.18 Å². The highest BCUT2D eigenvalue weighted by Gasteiger charge is 2.48. The minimum Gasteiger partial charge on any atom is -0.382 e. The van der Waals surface area contributed by atoms with Gasteiger partial charge in [-0.2, -0.15) is 9.37 Å². The average Bonchev–Trinajstić information content (AvgIpc) is 3.28. The molecule has 0 radical (unpaired) electrons. The first-order chi connectivity index (χ1) is 10.5. The molecular formula is C15H12BrFN4O. The van der Waals surface area contributed by atoms with Crippen LogP contribution in [0.2, 0.25) is 0 Å². The molecule has 1 aliphatic heterocycles. The van der Waals surface area contributed by atoms with Gasteiger partial charge in [0.2, 0.25) is 5.95 Å². The number of hydrogen-bond donors (Lipinski definition) is 2. The van der Waals surface area contributed by atoms with E-state index in [0.29, 0.717) is 17.8 Å². The van der Waals surface area contributed by atoms with Crippen molar-refractivity contribution in [3.05, 3.63) is 39.9 Å². The quantitative estimate of drug-likeness (QED) is 0.816. The number of rotatable bonds is 1. The van der Waals surface area contributed by atoms with Crippen molar-refractivity contribution in [3.63, 3.8) is 0 Å². The number of benzene rings is 1. The maximum absolute atomic E-state index is 13.4. The van der Waals surface area contributed by atoms with E-state index in [0.717, 1.165) is 24.0 Å². The molecule has 2 aromatic rings. The number of aromatic nitrogens is 2. The lowest BCUT2D eigenvalue weighted by molar-refractivity contribution is 0.0937. The van der Waals surface area contributed by atoms with Crippen LogP contribution in [0.25, 0.3) is 11.3 Å². The largest absolute Gasteiger partial charge is 0.382 e. The van der Waals surface area contributed by atoms with E-state index in [9.17, 15) is 9.18 Å². The van der Waals surface area contributed by atoms with Crippen LogP contribution >= 0.6 is 15.9 Å². The van der Waals surface area contributed by atoms with Crippen LogP contribution < -0.4 is 11.1 Å². The molecule has 1 aliphatic carbocycles. The first-order valence-electron chi connectivity index (χ1n) is 6.92. The minimum atomic E-state index is -0.739. The van der Waals surface area contributed by atoms with Crippen LogP contribution in [0.15, 0.2) is 22.8 Å². The normalized spacial score (nSPS) is 18.0. The molecule has 22 heavy (non-hydrogen) atoms. The lowest BCUT2D eigenvalue weighted by atomic mass is 9.86. The van der Waals surface area contributed by atoms with Gasteiger partial charge in [0.1, 0.15) is 5.69 Å². The van der Waals surface area contributed by atoms with Crippen LogP contribution in [0.3, 0.4) is 0 Å². The Hall–Kier alpha value is -2.02. The second-order valence-corrected chi connectivity index (χ2v) is 6.51. The highest BCUT2D eigenvalue weighted by Crippen LogP contribution is 2.51. The number of fused-ring (bicyclic) bond motifs is 2. The van der Waals surface area contributed by atoms with Gasteiger partial charge in [-0.15, -0.1) is 0 Å². The maximum Gasteiger partial charge on any atom is 0.251 e. The number of anilines is 1. The van der Waals surface area contributed by atoms with Crippen LogP contribution in [-0.4, -0.2) is 22.4 Å². The van der Waals surface area contributed by atoms with Crippen molar-refractivity contribution in [3.8, 4) is 11.3 Å². The number of amides is 1. The van der Waals surface area contributed by atoms with E-state index in [1.807, 2.05) is 6.07 Å². The predicted octanol–water partition coefficient (Wildman–Crippen LogP) is 2.40. The molecule has 1 aromatic carbocycles. The Morgan fingerprint density at radius 1 is 1.32 bits per heavy atom. The predicted molar refractivity (Wildman–Crippen MR) is 82.8 cm³/mol. The van der Waals surface area contributed by atoms with Gasteiger partial charge in [-0.25, -0.2) is 4.98 Å². The number of halogens is 2. The summed E-state index contributed by atoms with van der Waals surface area (Å²) in [7, 11) is 0. The van der Waals surface area contributed by atoms with Crippen molar-refractivity contribution in [2.45, 2.75) is 18.3 Å². The van der Waals surface area contributed by atoms with Gasteiger partial charge in [-0.3, -0.25) is 4.79 Å². The first kappa shape index (κ1) is 13.6. The van der Waals surface area contributed by atoms with Crippen molar-refractivity contribution >= 4 is 27.7 Å². The lowest BCUT2D eigenvalue weighted by Crippen LogP contribution is -2.39. The molecule has 0 atom stereocenters. The molecule has 1 spiro atoms. The molecule has 4 rings (SSSR count). The van der Waals surface area contributed by atoms with E-state index in [-0.39, 0.29) is 21.7 Å². The summed E-state index contributed by atoms with van der Waals surface area (Å²) in [4.78, 5) is 19.8. The zero-order chi connectivity index (χ0) is 15.5. The average molecular weight is 363 g/mol. The molecular weight excluding hydrogens is 351 g/mol. The fraction of sp³-hybridized carbons (Fsp3) is 0.267. The molecule has 1 amide bonds. The number of carbonyl (C=O) groups is 1. The zero-order valence-electron chi connectivity index (χ0n) is 11.5. The van der Waals surface area contributed by atoms with Crippen LogP contribution in [0.5, 0.6) is 0 Å². The molecule has 112 valence electrons. The zero-order valence-corrected chi connectivity index (χ0v) is 13.1. The molecule has 3 N–H and O–H groups in total.